The van der Waals surface area contributed by atoms with E-state index >= 15 is 0 Å². The van der Waals surface area contributed by atoms with Crippen molar-refractivity contribution in [3.05, 3.63) is 28.8 Å². The number of sulfonamides is 1. The Morgan fingerprint density at radius 2 is 1.96 bits per heavy atom. The first-order chi connectivity index (χ1) is 12.2. The Morgan fingerprint density at radius 1 is 1.31 bits per heavy atom. The lowest BCUT2D eigenvalue weighted by molar-refractivity contribution is -0.137. The van der Waals surface area contributed by atoms with Crippen LogP contribution in [0.25, 0.3) is 0 Å². The summed E-state index contributed by atoms with van der Waals surface area (Å²) in [5.74, 6) is -0.180. The van der Waals surface area contributed by atoms with E-state index in [4.69, 9.17) is 16.4 Å². The predicted molar refractivity (Wildman–Crippen MR) is 94.0 cm³/mol. The van der Waals surface area contributed by atoms with E-state index in [1.807, 2.05) is 0 Å². The maximum absolute atomic E-state index is 12.5. The average molecular weight is 402 g/mol. The maximum atomic E-state index is 12.5. The highest BCUT2D eigenvalue weighted by atomic mass is 35.5. The highest BCUT2D eigenvalue weighted by Crippen LogP contribution is 2.32. The molecule has 1 N–H and O–H groups in total. The second-order valence-corrected chi connectivity index (χ2v) is 8.77. The molecule has 0 aromatic heterocycles. The maximum Gasteiger partial charge on any atom is 0.264 e. The van der Waals surface area contributed by atoms with Crippen molar-refractivity contribution in [3.8, 4) is 0 Å². The molecular formula is C16H20ClN3O5S. The Balaban J connectivity index is 1.68. The minimum absolute atomic E-state index is 0.0595. The van der Waals surface area contributed by atoms with Crippen LogP contribution in [0, 0.1) is 5.92 Å². The number of nitrogens with zero attached hydrogens (tertiary/aromatic N) is 2. The quantitative estimate of drug-likeness (QED) is 0.713. The van der Waals surface area contributed by atoms with Gasteiger partial charge in [-0.1, -0.05) is 16.1 Å². The Labute approximate surface area is 157 Å². The number of hydrogen-bond acceptors (Lipinski definition) is 5. The van der Waals surface area contributed by atoms with Gasteiger partial charge in [0.15, 0.2) is 0 Å². The molecule has 2 aliphatic rings. The van der Waals surface area contributed by atoms with Gasteiger partial charge < -0.3 is 10.2 Å². The highest BCUT2D eigenvalue weighted by Gasteiger charge is 2.39. The van der Waals surface area contributed by atoms with Gasteiger partial charge in [0.25, 0.3) is 15.9 Å². The molecule has 2 fully saturated rings. The first-order valence-electron chi connectivity index (χ1n) is 8.16. The fourth-order valence-corrected chi connectivity index (χ4v) is 3.89. The Kier molecular flexibility index (Phi) is 5.25. The van der Waals surface area contributed by atoms with Crippen molar-refractivity contribution in [1.82, 2.24) is 14.7 Å². The summed E-state index contributed by atoms with van der Waals surface area (Å²) in [5.41, 5.74) is 0.0595. The van der Waals surface area contributed by atoms with Crippen LogP contribution in [0.1, 0.15) is 23.2 Å². The number of carbonyl (C=O) groups excluding carboxylic acids is 2. The van der Waals surface area contributed by atoms with Crippen LogP contribution < -0.4 is 5.32 Å². The summed E-state index contributed by atoms with van der Waals surface area (Å²) in [6, 6.07) is 3.72. The van der Waals surface area contributed by atoms with Crippen LogP contribution >= 0.6 is 11.6 Å². The molecule has 26 heavy (non-hydrogen) atoms. The van der Waals surface area contributed by atoms with E-state index in [0.717, 1.165) is 12.8 Å². The third-order valence-corrected chi connectivity index (χ3v) is 6.54. The van der Waals surface area contributed by atoms with Crippen molar-refractivity contribution in [1.29, 1.82) is 0 Å². The molecule has 1 aliphatic carbocycles. The monoisotopic (exact) mass is 401 g/mol. The topological polar surface area (TPSA) is 96.0 Å². The molecule has 1 saturated heterocycles. The SMILES string of the molecule is CON(C)S(=O)(=O)c1ccc(Cl)c(C(=O)NC2CN(C(=O)C3CC3)C2)c1. The number of hydroxylamine groups is 1. The van der Waals surface area contributed by atoms with Crippen LogP contribution in [-0.2, 0) is 19.7 Å². The van der Waals surface area contributed by atoms with Crippen LogP contribution in [0.4, 0.5) is 0 Å². The molecule has 1 saturated carbocycles. The van der Waals surface area contributed by atoms with Crippen molar-refractivity contribution in [3.63, 3.8) is 0 Å². The number of benzene rings is 1. The first kappa shape index (κ1) is 19.1. The lowest BCUT2D eigenvalue weighted by atomic mass is 10.1. The number of amides is 2. The van der Waals surface area contributed by atoms with Crippen LogP contribution in [0.5, 0.6) is 0 Å². The van der Waals surface area contributed by atoms with Crippen LogP contribution in [0.15, 0.2) is 23.1 Å². The van der Waals surface area contributed by atoms with Crippen molar-refractivity contribution in [2.24, 2.45) is 5.92 Å². The van der Waals surface area contributed by atoms with Gasteiger partial charge in [-0.25, -0.2) is 8.42 Å². The zero-order valence-corrected chi connectivity index (χ0v) is 16.0. The van der Waals surface area contributed by atoms with Gasteiger partial charge in [0.2, 0.25) is 5.91 Å². The molecule has 8 nitrogen and oxygen atoms in total. The van der Waals surface area contributed by atoms with Crippen LogP contribution in [0.2, 0.25) is 5.02 Å². The van der Waals surface area contributed by atoms with Gasteiger partial charge >= 0.3 is 0 Å². The molecule has 0 bridgehead atoms. The molecule has 0 atom stereocenters. The van der Waals surface area contributed by atoms with Gasteiger partial charge in [-0.05, 0) is 31.0 Å². The zero-order chi connectivity index (χ0) is 19.1. The standard InChI is InChI=1S/C16H20ClN3O5S/c1-19(25-2)26(23,24)12-5-6-14(17)13(7-12)15(21)18-11-8-20(9-11)16(22)10-3-4-10/h5-7,10-11H,3-4,8-9H2,1-2H3,(H,18,21). The summed E-state index contributed by atoms with van der Waals surface area (Å²) >= 11 is 6.06. The third-order valence-electron chi connectivity index (χ3n) is 4.53. The summed E-state index contributed by atoms with van der Waals surface area (Å²) in [6.07, 6.45) is 1.89. The van der Waals surface area contributed by atoms with Crippen molar-refractivity contribution in [2.45, 2.75) is 23.8 Å². The molecule has 3 rings (SSSR count). The Morgan fingerprint density at radius 3 is 2.54 bits per heavy atom. The smallest absolute Gasteiger partial charge is 0.264 e. The van der Waals surface area contributed by atoms with E-state index in [0.29, 0.717) is 17.6 Å². The Bertz CT molecular complexity index is 834. The van der Waals surface area contributed by atoms with E-state index in [2.05, 4.69) is 5.32 Å². The van der Waals surface area contributed by atoms with Gasteiger partial charge in [-0.15, -0.1) is 0 Å². The number of nitrogens with one attached hydrogen (secondary N) is 1. The predicted octanol–water partition coefficient (Wildman–Crippen LogP) is 0.873. The summed E-state index contributed by atoms with van der Waals surface area (Å²) in [5, 5.41) is 2.93. The second kappa shape index (κ2) is 7.15. The van der Waals surface area contributed by atoms with Gasteiger partial charge in [0.05, 0.1) is 28.6 Å². The van der Waals surface area contributed by atoms with Gasteiger partial charge in [0, 0.05) is 26.1 Å². The molecule has 0 unspecified atom stereocenters. The summed E-state index contributed by atoms with van der Waals surface area (Å²) in [6.45, 7) is 0.923. The number of hydrogen-bond donors (Lipinski definition) is 1. The van der Waals surface area contributed by atoms with Crippen molar-refractivity contribution < 1.29 is 22.8 Å². The molecule has 142 valence electrons. The molecule has 10 heteroatoms. The van der Waals surface area contributed by atoms with E-state index in [-0.39, 0.29) is 33.3 Å². The second-order valence-electron chi connectivity index (χ2n) is 6.43. The fourth-order valence-electron chi connectivity index (χ4n) is 2.69. The van der Waals surface area contributed by atoms with Crippen molar-refractivity contribution in [2.75, 3.05) is 27.2 Å². The van der Waals surface area contributed by atoms with E-state index in [1.54, 1.807) is 4.90 Å². The molecule has 0 radical (unpaired) electrons. The lowest BCUT2D eigenvalue weighted by Crippen LogP contribution is -2.61. The molecule has 1 aromatic rings. The normalized spacial score (nSPS) is 17.9. The number of rotatable bonds is 6. The number of carbonyl (C=O) groups is 2. The minimum Gasteiger partial charge on any atom is -0.346 e. The zero-order valence-electron chi connectivity index (χ0n) is 14.4. The number of halogens is 1. The Hall–Kier alpha value is -1.68. The highest BCUT2D eigenvalue weighted by molar-refractivity contribution is 7.89. The van der Waals surface area contributed by atoms with E-state index in [9.17, 15) is 18.0 Å². The number of likely N-dealkylation sites (tertiary alicyclic amines) is 1. The fraction of sp³-hybridized carbons (Fsp3) is 0.500. The first-order valence-corrected chi connectivity index (χ1v) is 9.98. The van der Waals surface area contributed by atoms with Gasteiger partial charge in [-0.3, -0.25) is 14.4 Å². The lowest BCUT2D eigenvalue weighted by Gasteiger charge is -2.39. The van der Waals surface area contributed by atoms with Crippen LogP contribution in [0.3, 0.4) is 0 Å². The molecule has 1 heterocycles. The van der Waals surface area contributed by atoms with E-state index in [1.165, 1.54) is 32.4 Å². The average Bonchev–Trinajstić information content (AvgIpc) is 3.41. The third kappa shape index (κ3) is 3.71. The minimum atomic E-state index is -3.88. The molecule has 0 spiro atoms. The largest absolute Gasteiger partial charge is 0.346 e. The van der Waals surface area contributed by atoms with Crippen LogP contribution in [-0.4, -0.2) is 62.9 Å². The van der Waals surface area contributed by atoms with E-state index < -0.39 is 15.9 Å². The summed E-state index contributed by atoms with van der Waals surface area (Å²) in [7, 11) is -1.40. The summed E-state index contributed by atoms with van der Waals surface area (Å²) < 4.78 is 25.3. The molecule has 1 aliphatic heterocycles. The molecule has 1 aromatic carbocycles. The van der Waals surface area contributed by atoms with Gasteiger partial charge in [-0.2, -0.15) is 0 Å². The van der Waals surface area contributed by atoms with Gasteiger partial charge in [0.1, 0.15) is 0 Å². The van der Waals surface area contributed by atoms with Crippen molar-refractivity contribution >= 4 is 33.4 Å². The molecular weight excluding hydrogens is 382 g/mol. The summed E-state index contributed by atoms with van der Waals surface area (Å²) in [4.78, 5) is 30.7. The molecule has 2 amide bonds.